The number of hydrogen-bond donors (Lipinski definition) is 0. The second-order valence-corrected chi connectivity index (χ2v) is 15.2. The first-order valence-corrected chi connectivity index (χ1v) is 21.0. The first-order chi connectivity index (χ1) is 28.1. The molecule has 0 saturated heterocycles. The van der Waals surface area contributed by atoms with Crippen LogP contribution in [0.15, 0.2) is 182 Å². The lowest BCUT2D eigenvalue weighted by molar-refractivity contribution is 0.733. The zero-order valence-corrected chi connectivity index (χ0v) is 34.2. The molecule has 0 saturated carbocycles. The van der Waals surface area contributed by atoms with E-state index in [0.717, 1.165) is 70.4 Å². The molecule has 1 atom stereocenters. The summed E-state index contributed by atoms with van der Waals surface area (Å²) in [6.45, 7) is 9.06. The van der Waals surface area contributed by atoms with E-state index in [1.807, 2.05) is 0 Å². The molecule has 0 aliphatic rings. The summed E-state index contributed by atoms with van der Waals surface area (Å²) in [5, 5.41) is 0. The summed E-state index contributed by atoms with van der Waals surface area (Å²) < 4.78 is 0. The number of unbranched alkanes of at least 4 members (excludes halogenated alkanes) is 2. The molecule has 0 spiro atoms. The Labute approximate surface area is 341 Å². The van der Waals surface area contributed by atoms with Crippen LogP contribution in [0.1, 0.15) is 82.4 Å². The lowest BCUT2D eigenvalue weighted by atomic mass is 9.98. The third kappa shape index (κ3) is 9.50. The maximum Gasteiger partial charge on any atom is 0.0463 e. The van der Waals surface area contributed by atoms with Gasteiger partial charge in [0.1, 0.15) is 0 Å². The minimum absolute atomic E-state index is 0.514. The van der Waals surface area contributed by atoms with Crippen molar-refractivity contribution in [3.8, 4) is 0 Å². The summed E-state index contributed by atoms with van der Waals surface area (Å²) in [6, 6.07) is 66.7. The van der Waals surface area contributed by atoms with Gasteiger partial charge in [-0.3, -0.25) is 0 Å². The van der Waals surface area contributed by atoms with E-state index in [-0.39, 0.29) is 0 Å². The summed E-state index contributed by atoms with van der Waals surface area (Å²) in [6.07, 6.45) is 8.16. The highest BCUT2D eigenvalue weighted by atomic mass is 15.2. The summed E-state index contributed by atoms with van der Waals surface area (Å²) in [5.41, 5.74) is 14.3. The molecule has 3 heteroatoms. The van der Waals surface area contributed by atoms with Crippen molar-refractivity contribution in [1.29, 1.82) is 0 Å². The molecule has 288 valence electrons. The maximum atomic E-state index is 2.37. The Kier molecular flexibility index (Phi) is 13.2. The van der Waals surface area contributed by atoms with Gasteiger partial charge in [-0.15, -0.1) is 0 Å². The lowest BCUT2D eigenvalue weighted by Gasteiger charge is -2.29. The van der Waals surface area contributed by atoms with Gasteiger partial charge in [0.05, 0.1) is 0 Å². The molecule has 0 aliphatic carbocycles. The molecule has 0 radical (unpaired) electrons. The Morgan fingerprint density at radius 1 is 0.333 bits per heavy atom. The van der Waals surface area contributed by atoms with Crippen molar-refractivity contribution in [1.82, 2.24) is 0 Å². The monoisotopic (exact) mass is 747 g/mol. The van der Waals surface area contributed by atoms with Crippen LogP contribution in [0.5, 0.6) is 0 Å². The van der Waals surface area contributed by atoms with Crippen LogP contribution >= 0.6 is 0 Å². The van der Waals surface area contributed by atoms with E-state index in [1.54, 1.807) is 0 Å². The molecule has 0 aliphatic heterocycles. The van der Waals surface area contributed by atoms with Gasteiger partial charge < -0.3 is 14.7 Å². The van der Waals surface area contributed by atoms with Gasteiger partial charge in [0.2, 0.25) is 0 Å². The van der Waals surface area contributed by atoms with Crippen molar-refractivity contribution >= 4 is 51.2 Å². The standard InChI is InChI=1S/C54H57N3/c1-5-8-16-43-22-28-48(29-23-43)55(46-18-12-10-13-19-46)51-34-38-53(39-35-51)57(50-32-26-45(27-33-50)42(4)7-3)54-40-36-52(37-41-54)56(47-20-14-11-15-21-47)49-30-24-44(25-31-49)17-9-6-2/h10-15,18-42H,5-9,16-17H2,1-4H3. The van der Waals surface area contributed by atoms with E-state index in [1.165, 1.54) is 42.4 Å². The smallest absolute Gasteiger partial charge is 0.0463 e. The van der Waals surface area contributed by atoms with E-state index in [9.17, 15) is 0 Å². The molecular weight excluding hydrogens is 691 g/mol. The summed E-state index contributed by atoms with van der Waals surface area (Å²) in [5.74, 6) is 0.514. The summed E-state index contributed by atoms with van der Waals surface area (Å²) in [4.78, 5) is 7.07. The molecule has 0 bridgehead atoms. The van der Waals surface area contributed by atoms with Crippen LogP contribution in [0.2, 0.25) is 0 Å². The first-order valence-electron chi connectivity index (χ1n) is 21.0. The van der Waals surface area contributed by atoms with Gasteiger partial charge in [0, 0.05) is 51.2 Å². The van der Waals surface area contributed by atoms with Gasteiger partial charge in [0.25, 0.3) is 0 Å². The zero-order valence-electron chi connectivity index (χ0n) is 34.2. The highest BCUT2D eigenvalue weighted by Crippen LogP contribution is 2.41. The average Bonchev–Trinajstić information content (AvgIpc) is 3.28. The van der Waals surface area contributed by atoms with Gasteiger partial charge in [-0.05, 0) is 164 Å². The Morgan fingerprint density at radius 3 is 0.877 bits per heavy atom. The van der Waals surface area contributed by atoms with E-state index in [4.69, 9.17) is 0 Å². The fourth-order valence-corrected chi connectivity index (χ4v) is 7.57. The van der Waals surface area contributed by atoms with Gasteiger partial charge in [0.15, 0.2) is 0 Å². The zero-order chi connectivity index (χ0) is 39.4. The van der Waals surface area contributed by atoms with Crippen molar-refractivity contribution in [2.75, 3.05) is 14.7 Å². The Bertz CT molecular complexity index is 2090. The third-order valence-electron chi connectivity index (χ3n) is 11.1. The van der Waals surface area contributed by atoms with Crippen LogP contribution in [0.4, 0.5) is 51.2 Å². The fourth-order valence-electron chi connectivity index (χ4n) is 7.57. The Morgan fingerprint density at radius 2 is 0.596 bits per heavy atom. The predicted molar refractivity (Wildman–Crippen MR) is 246 cm³/mol. The van der Waals surface area contributed by atoms with E-state index >= 15 is 0 Å². The fraction of sp³-hybridized carbons (Fsp3) is 0.222. The molecule has 0 amide bonds. The Balaban J connectivity index is 1.25. The van der Waals surface area contributed by atoms with E-state index in [2.05, 4.69) is 224 Å². The van der Waals surface area contributed by atoms with Crippen LogP contribution in [0.25, 0.3) is 0 Å². The largest absolute Gasteiger partial charge is 0.311 e. The van der Waals surface area contributed by atoms with Crippen LogP contribution in [-0.4, -0.2) is 0 Å². The molecule has 1 unspecified atom stereocenters. The number of rotatable bonds is 17. The van der Waals surface area contributed by atoms with Gasteiger partial charge in [-0.2, -0.15) is 0 Å². The molecule has 0 fully saturated rings. The highest BCUT2D eigenvalue weighted by Gasteiger charge is 2.18. The quantitative estimate of drug-likeness (QED) is 0.0918. The molecule has 7 aromatic carbocycles. The first kappa shape index (κ1) is 39.2. The minimum Gasteiger partial charge on any atom is -0.311 e. The molecular formula is C54H57N3. The average molecular weight is 748 g/mol. The summed E-state index contributed by atoms with van der Waals surface area (Å²) >= 11 is 0. The van der Waals surface area contributed by atoms with Crippen molar-refractivity contribution in [2.24, 2.45) is 0 Å². The molecule has 0 heterocycles. The number of aryl methyl sites for hydroxylation is 2. The summed E-state index contributed by atoms with van der Waals surface area (Å²) in [7, 11) is 0. The second-order valence-electron chi connectivity index (χ2n) is 15.2. The van der Waals surface area contributed by atoms with Crippen molar-refractivity contribution < 1.29 is 0 Å². The third-order valence-corrected chi connectivity index (χ3v) is 11.1. The van der Waals surface area contributed by atoms with E-state index in [0.29, 0.717) is 5.92 Å². The molecule has 0 N–H and O–H groups in total. The van der Waals surface area contributed by atoms with Gasteiger partial charge in [-0.1, -0.05) is 113 Å². The molecule has 3 nitrogen and oxygen atoms in total. The Hall–Kier alpha value is -6.06. The molecule has 7 aromatic rings. The van der Waals surface area contributed by atoms with Crippen LogP contribution < -0.4 is 14.7 Å². The van der Waals surface area contributed by atoms with Crippen molar-refractivity contribution in [2.45, 2.75) is 78.6 Å². The highest BCUT2D eigenvalue weighted by molar-refractivity contribution is 5.83. The topological polar surface area (TPSA) is 9.72 Å². The van der Waals surface area contributed by atoms with Crippen LogP contribution in [-0.2, 0) is 12.8 Å². The number of benzene rings is 7. The minimum atomic E-state index is 0.514. The normalized spacial score (nSPS) is 11.6. The number of hydrogen-bond acceptors (Lipinski definition) is 3. The van der Waals surface area contributed by atoms with Gasteiger partial charge in [-0.25, -0.2) is 0 Å². The maximum absolute atomic E-state index is 2.37. The molecule has 7 rings (SSSR count). The SMILES string of the molecule is CCCCc1ccc(N(c2ccccc2)c2ccc(N(c3ccc(C(C)CC)cc3)c3ccc(N(c4ccccc4)c4ccc(CCCC)cc4)cc3)cc2)cc1. The number of nitrogens with zero attached hydrogens (tertiary/aromatic N) is 3. The molecule has 0 aromatic heterocycles. The van der Waals surface area contributed by atoms with E-state index < -0.39 is 0 Å². The van der Waals surface area contributed by atoms with Crippen LogP contribution in [0, 0.1) is 0 Å². The van der Waals surface area contributed by atoms with Crippen molar-refractivity contribution in [3.63, 3.8) is 0 Å². The van der Waals surface area contributed by atoms with Crippen LogP contribution in [0.3, 0.4) is 0 Å². The number of anilines is 9. The second kappa shape index (κ2) is 19.2. The van der Waals surface area contributed by atoms with Crippen molar-refractivity contribution in [3.05, 3.63) is 199 Å². The molecule has 57 heavy (non-hydrogen) atoms. The number of para-hydroxylation sites is 2. The lowest BCUT2D eigenvalue weighted by Crippen LogP contribution is -2.13. The van der Waals surface area contributed by atoms with Gasteiger partial charge >= 0.3 is 0 Å². The predicted octanol–water partition coefficient (Wildman–Crippen LogP) is 16.3.